The van der Waals surface area contributed by atoms with Gasteiger partial charge in [0, 0.05) is 25.7 Å². The van der Waals surface area contributed by atoms with Crippen LogP contribution in [0.2, 0.25) is 0 Å². The summed E-state index contributed by atoms with van der Waals surface area (Å²) < 4.78 is 4.60. The first-order valence-electron chi connectivity index (χ1n) is 5.48. The number of hydrogen-bond donors (Lipinski definition) is 0. The zero-order valence-electron chi connectivity index (χ0n) is 10.2. The third kappa shape index (κ3) is 3.57. The summed E-state index contributed by atoms with van der Waals surface area (Å²) in [4.78, 5) is 13.1. The van der Waals surface area contributed by atoms with Gasteiger partial charge < -0.3 is 9.64 Å². The van der Waals surface area contributed by atoms with E-state index in [1.165, 1.54) is 18.4 Å². The summed E-state index contributed by atoms with van der Waals surface area (Å²) in [6.45, 7) is 2.95. The first kappa shape index (κ1) is 12.6. The highest BCUT2D eigenvalue weighted by Gasteiger charge is 2.05. The summed E-state index contributed by atoms with van der Waals surface area (Å²) in [5.41, 5.74) is 2.47. The van der Waals surface area contributed by atoms with E-state index in [1.54, 1.807) is 0 Å². The zero-order valence-corrected chi connectivity index (χ0v) is 10.2. The number of aryl methyl sites for hydroxylation is 1. The molecule has 0 saturated carbocycles. The predicted molar refractivity (Wildman–Crippen MR) is 65.7 cm³/mol. The Kier molecular flexibility index (Phi) is 4.83. The number of rotatable bonds is 5. The minimum Gasteiger partial charge on any atom is -0.469 e. The van der Waals surface area contributed by atoms with Gasteiger partial charge in [-0.3, -0.25) is 4.79 Å². The highest BCUT2D eigenvalue weighted by molar-refractivity contribution is 5.69. The molecule has 0 aliphatic rings. The van der Waals surface area contributed by atoms with Crippen molar-refractivity contribution in [2.45, 2.75) is 19.8 Å². The lowest BCUT2D eigenvalue weighted by Crippen LogP contribution is -2.20. The van der Waals surface area contributed by atoms with E-state index in [-0.39, 0.29) is 5.97 Å². The Morgan fingerprint density at radius 2 is 2.06 bits per heavy atom. The van der Waals surface area contributed by atoms with E-state index in [1.807, 2.05) is 19.2 Å². The molecular formula is C13H19NO2. The maximum atomic E-state index is 11.0. The summed E-state index contributed by atoms with van der Waals surface area (Å²) in [6, 6.07) is 8.24. The van der Waals surface area contributed by atoms with Gasteiger partial charge in [0.25, 0.3) is 0 Å². The van der Waals surface area contributed by atoms with Crippen LogP contribution in [0, 0.1) is 6.92 Å². The van der Waals surface area contributed by atoms with Crippen LogP contribution in [0.5, 0.6) is 0 Å². The number of ether oxygens (including phenoxy) is 1. The molecule has 0 atom stereocenters. The Balaban J connectivity index is 2.44. The summed E-state index contributed by atoms with van der Waals surface area (Å²) in [6.07, 6.45) is 1.30. The smallest absolute Gasteiger partial charge is 0.305 e. The van der Waals surface area contributed by atoms with Crippen LogP contribution in [0.25, 0.3) is 0 Å². The lowest BCUT2D eigenvalue weighted by Gasteiger charge is -2.20. The van der Waals surface area contributed by atoms with Crippen LogP contribution in [-0.4, -0.2) is 26.7 Å². The highest BCUT2D eigenvalue weighted by Crippen LogP contribution is 2.17. The van der Waals surface area contributed by atoms with E-state index >= 15 is 0 Å². The van der Waals surface area contributed by atoms with Crippen LogP contribution in [-0.2, 0) is 9.53 Å². The molecule has 0 aliphatic carbocycles. The van der Waals surface area contributed by atoms with E-state index in [9.17, 15) is 4.79 Å². The average molecular weight is 221 g/mol. The maximum absolute atomic E-state index is 11.0. The molecule has 0 N–H and O–H groups in total. The van der Waals surface area contributed by atoms with Gasteiger partial charge in [0.2, 0.25) is 0 Å². The van der Waals surface area contributed by atoms with Crippen molar-refractivity contribution in [1.82, 2.24) is 0 Å². The van der Waals surface area contributed by atoms with Crippen molar-refractivity contribution in [2.24, 2.45) is 0 Å². The molecule has 3 nitrogen and oxygen atoms in total. The van der Waals surface area contributed by atoms with Crippen molar-refractivity contribution < 1.29 is 9.53 Å². The van der Waals surface area contributed by atoms with Gasteiger partial charge >= 0.3 is 5.97 Å². The summed E-state index contributed by atoms with van der Waals surface area (Å²) in [5.74, 6) is -0.141. The van der Waals surface area contributed by atoms with E-state index in [4.69, 9.17) is 0 Å². The van der Waals surface area contributed by atoms with Gasteiger partial charge in [-0.2, -0.15) is 0 Å². The van der Waals surface area contributed by atoms with Crippen LogP contribution in [0.3, 0.4) is 0 Å². The molecule has 0 unspecified atom stereocenters. The highest BCUT2D eigenvalue weighted by atomic mass is 16.5. The molecular weight excluding hydrogens is 202 g/mol. The van der Waals surface area contributed by atoms with Gasteiger partial charge in [-0.25, -0.2) is 0 Å². The van der Waals surface area contributed by atoms with Gasteiger partial charge in [-0.05, 0) is 25.0 Å². The quantitative estimate of drug-likeness (QED) is 0.715. The molecule has 1 aromatic rings. The van der Waals surface area contributed by atoms with E-state index < -0.39 is 0 Å². The topological polar surface area (TPSA) is 29.5 Å². The second-order valence-corrected chi connectivity index (χ2v) is 3.89. The van der Waals surface area contributed by atoms with E-state index in [2.05, 4.69) is 28.7 Å². The minimum absolute atomic E-state index is 0.141. The molecule has 0 amide bonds. The van der Waals surface area contributed by atoms with Crippen molar-refractivity contribution in [3.63, 3.8) is 0 Å². The number of nitrogens with zero attached hydrogens (tertiary/aromatic N) is 1. The molecule has 1 aromatic carbocycles. The molecule has 0 heterocycles. The number of benzene rings is 1. The van der Waals surface area contributed by atoms with Crippen LogP contribution >= 0.6 is 0 Å². The number of anilines is 1. The van der Waals surface area contributed by atoms with E-state index in [0.717, 1.165) is 13.0 Å². The normalized spacial score (nSPS) is 9.94. The average Bonchev–Trinajstić information content (AvgIpc) is 2.29. The number of carbonyl (C=O) groups is 1. The SMILES string of the molecule is COC(=O)CCCN(C)c1ccccc1C. The number of carbonyl (C=O) groups excluding carboxylic acids is 1. The Hall–Kier alpha value is -1.51. The van der Waals surface area contributed by atoms with Gasteiger partial charge in [-0.1, -0.05) is 18.2 Å². The van der Waals surface area contributed by atoms with Gasteiger partial charge in [0.05, 0.1) is 7.11 Å². The second kappa shape index (κ2) is 6.16. The van der Waals surface area contributed by atoms with E-state index in [0.29, 0.717) is 6.42 Å². The molecule has 1 rings (SSSR count). The Bertz CT molecular complexity index is 350. The molecule has 0 saturated heterocycles. The fourth-order valence-corrected chi connectivity index (χ4v) is 1.67. The number of hydrogen-bond acceptors (Lipinski definition) is 3. The summed E-state index contributed by atoms with van der Waals surface area (Å²) >= 11 is 0. The van der Waals surface area contributed by atoms with Crippen molar-refractivity contribution >= 4 is 11.7 Å². The summed E-state index contributed by atoms with van der Waals surface area (Å²) in [5, 5.41) is 0. The minimum atomic E-state index is -0.141. The van der Waals surface area contributed by atoms with Gasteiger partial charge in [-0.15, -0.1) is 0 Å². The fraction of sp³-hybridized carbons (Fsp3) is 0.462. The first-order valence-corrected chi connectivity index (χ1v) is 5.48. The molecule has 0 fully saturated rings. The van der Waals surface area contributed by atoms with Crippen molar-refractivity contribution in [1.29, 1.82) is 0 Å². The summed E-state index contributed by atoms with van der Waals surface area (Å²) in [7, 11) is 3.47. The number of methoxy groups -OCH3 is 1. The zero-order chi connectivity index (χ0) is 12.0. The Labute approximate surface area is 97.0 Å². The predicted octanol–water partition coefficient (Wildman–Crippen LogP) is 2.38. The monoisotopic (exact) mass is 221 g/mol. The standard InChI is InChI=1S/C13H19NO2/c1-11-7-4-5-8-12(11)14(2)10-6-9-13(15)16-3/h4-5,7-8H,6,9-10H2,1-3H3. The third-order valence-electron chi connectivity index (χ3n) is 2.63. The Morgan fingerprint density at radius 1 is 1.38 bits per heavy atom. The molecule has 88 valence electrons. The molecule has 0 spiro atoms. The molecule has 16 heavy (non-hydrogen) atoms. The molecule has 0 bridgehead atoms. The lowest BCUT2D eigenvalue weighted by atomic mass is 10.2. The molecule has 0 aliphatic heterocycles. The van der Waals surface area contributed by atoms with Crippen molar-refractivity contribution in [3.8, 4) is 0 Å². The van der Waals surface area contributed by atoms with Gasteiger partial charge in [0.15, 0.2) is 0 Å². The van der Waals surface area contributed by atoms with Crippen LogP contribution < -0.4 is 4.90 Å². The largest absolute Gasteiger partial charge is 0.469 e. The van der Waals surface area contributed by atoms with Crippen LogP contribution in [0.15, 0.2) is 24.3 Å². The van der Waals surface area contributed by atoms with Crippen molar-refractivity contribution in [3.05, 3.63) is 29.8 Å². The fourth-order valence-electron chi connectivity index (χ4n) is 1.67. The van der Waals surface area contributed by atoms with Crippen LogP contribution in [0.1, 0.15) is 18.4 Å². The number of para-hydroxylation sites is 1. The molecule has 0 aromatic heterocycles. The second-order valence-electron chi connectivity index (χ2n) is 3.89. The lowest BCUT2D eigenvalue weighted by molar-refractivity contribution is -0.140. The maximum Gasteiger partial charge on any atom is 0.305 e. The molecule has 3 heteroatoms. The third-order valence-corrected chi connectivity index (χ3v) is 2.63. The van der Waals surface area contributed by atoms with Crippen molar-refractivity contribution in [2.75, 3.05) is 25.6 Å². The van der Waals surface area contributed by atoms with Crippen LogP contribution in [0.4, 0.5) is 5.69 Å². The number of esters is 1. The molecule has 0 radical (unpaired) electrons. The first-order chi connectivity index (χ1) is 7.65. The Morgan fingerprint density at radius 3 is 2.69 bits per heavy atom. The van der Waals surface area contributed by atoms with Gasteiger partial charge in [0.1, 0.15) is 0 Å².